The molecule has 0 aliphatic rings. The Morgan fingerprint density at radius 2 is 2.07 bits per heavy atom. The number of para-hydroxylation sites is 1. The number of carboxylic acid groups (broad SMARTS) is 1. The minimum atomic E-state index is -0.876. The Bertz CT molecular complexity index is 505. The molecule has 4 heteroatoms. The number of carbonyl (C=O) groups is 1. The minimum Gasteiger partial charge on any atom is -0.481 e. The van der Waals surface area contributed by atoms with Gasteiger partial charge >= 0.3 is 5.97 Å². The molecule has 0 saturated carbocycles. The molecule has 0 amide bonds. The summed E-state index contributed by atoms with van der Waals surface area (Å²) in [5.74, 6) is -1.49. The fourth-order valence-corrected chi connectivity index (χ4v) is 1.49. The van der Waals surface area contributed by atoms with Crippen LogP contribution in [0, 0.1) is 0 Å². The van der Waals surface area contributed by atoms with Crippen molar-refractivity contribution in [3.05, 3.63) is 36.3 Å². The Balaban J connectivity index is 2.65. The summed E-state index contributed by atoms with van der Waals surface area (Å²) >= 11 is 0. The van der Waals surface area contributed by atoms with Gasteiger partial charge in [-0.05, 0) is 13.0 Å². The third kappa shape index (κ3) is 1.66. The lowest BCUT2D eigenvalue weighted by molar-refractivity contribution is -0.138. The van der Waals surface area contributed by atoms with Gasteiger partial charge in [0, 0.05) is 5.39 Å². The van der Waals surface area contributed by atoms with Crippen LogP contribution < -0.4 is 0 Å². The second-order valence-electron chi connectivity index (χ2n) is 3.34. The Labute approximate surface area is 86.6 Å². The van der Waals surface area contributed by atoms with E-state index >= 15 is 0 Å². The number of rotatable bonds is 2. The second-order valence-corrected chi connectivity index (χ2v) is 3.34. The first-order valence-corrected chi connectivity index (χ1v) is 4.62. The largest absolute Gasteiger partial charge is 0.481 e. The summed E-state index contributed by atoms with van der Waals surface area (Å²) in [5, 5.41) is 9.74. The molecule has 1 atom stereocenters. The third-order valence-corrected chi connectivity index (χ3v) is 2.35. The van der Waals surface area contributed by atoms with Crippen LogP contribution in [0.25, 0.3) is 10.9 Å². The van der Waals surface area contributed by atoms with Crippen molar-refractivity contribution >= 4 is 16.9 Å². The maximum atomic E-state index is 10.9. The van der Waals surface area contributed by atoms with Gasteiger partial charge in [0.05, 0.1) is 17.1 Å². The average Bonchev–Trinajstić information content (AvgIpc) is 2.27. The maximum Gasteiger partial charge on any atom is 0.312 e. The first kappa shape index (κ1) is 9.58. The highest BCUT2D eigenvalue weighted by Crippen LogP contribution is 2.21. The number of aliphatic carboxylic acids is 1. The number of nitrogens with zero attached hydrogens (tertiary/aromatic N) is 2. The lowest BCUT2D eigenvalue weighted by Crippen LogP contribution is -2.10. The standard InChI is InChI=1S/C11H10N2O2/c1-7(11(14)15)10-8-4-2-3-5-9(8)12-6-13-10/h2-7H,1H3,(H,14,15). The van der Waals surface area contributed by atoms with Gasteiger partial charge in [0.2, 0.25) is 0 Å². The third-order valence-electron chi connectivity index (χ3n) is 2.35. The molecule has 15 heavy (non-hydrogen) atoms. The molecule has 0 saturated heterocycles. The van der Waals surface area contributed by atoms with Crippen LogP contribution in [0.15, 0.2) is 30.6 Å². The van der Waals surface area contributed by atoms with Gasteiger partial charge in [0.25, 0.3) is 0 Å². The molecule has 0 fully saturated rings. The van der Waals surface area contributed by atoms with Crippen molar-refractivity contribution in [1.82, 2.24) is 9.97 Å². The van der Waals surface area contributed by atoms with E-state index in [0.717, 1.165) is 10.9 Å². The van der Waals surface area contributed by atoms with E-state index < -0.39 is 11.9 Å². The highest BCUT2D eigenvalue weighted by molar-refractivity contribution is 5.86. The molecule has 2 aromatic rings. The molecule has 2 rings (SSSR count). The lowest BCUT2D eigenvalue weighted by Gasteiger charge is -2.07. The van der Waals surface area contributed by atoms with Gasteiger partial charge in [0.1, 0.15) is 6.33 Å². The van der Waals surface area contributed by atoms with Gasteiger partial charge < -0.3 is 5.11 Å². The molecular formula is C11H10N2O2. The van der Waals surface area contributed by atoms with E-state index in [2.05, 4.69) is 9.97 Å². The minimum absolute atomic E-state index is 0.563. The van der Waals surface area contributed by atoms with E-state index in [1.807, 2.05) is 24.3 Å². The number of fused-ring (bicyclic) bond motifs is 1. The summed E-state index contributed by atoms with van der Waals surface area (Å²) in [4.78, 5) is 19.0. The number of hydrogen-bond acceptors (Lipinski definition) is 3. The molecule has 0 aliphatic heterocycles. The van der Waals surface area contributed by atoms with Crippen molar-refractivity contribution < 1.29 is 9.90 Å². The van der Waals surface area contributed by atoms with Gasteiger partial charge in [-0.2, -0.15) is 0 Å². The van der Waals surface area contributed by atoms with Gasteiger partial charge in [-0.3, -0.25) is 4.79 Å². The topological polar surface area (TPSA) is 63.1 Å². The summed E-state index contributed by atoms with van der Waals surface area (Å²) < 4.78 is 0. The molecule has 0 aliphatic carbocycles. The zero-order valence-corrected chi connectivity index (χ0v) is 8.21. The van der Waals surface area contributed by atoms with Gasteiger partial charge in [0.15, 0.2) is 0 Å². The van der Waals surface area contributed by atoms with E-state index in [4.69, 9.17) is 5.11 Å². The van der Waals surface area contributed by atoms with Crippen molar-refractivity contribution in [1.29, 1.82) is 0 Å². The molecule has 1 unspecified atom stereocenters. The smallest absolute Gasteiger partial charge is 0.312 e. The van der Waals surface area contributed by atoms with Gasteiger partial charge in [-0.1, -0.05) is 18.2 Å². The van der Waals surface area contributed by atoms with Crippen LogP contribution in [0.4, 0.5) is 0 Å². The molecule has 1 N–H and O–H groups in total. The van der Waals surface area contributed by atoms with E-state index in [-0.39, 0.29) is 0 Å². The highest BCUT2D eigenvalue weighted by atomic mass is 16.4. The molecule has 0 radical (unpaired) electrons. The van der Waals surface area contributed by atoms with Crippen LogP contribution >= 0.6 is 0 Å². The van der Waals surface area contributed by atoms with E-state index in [1.165, 1.54) is 6.33 Å². The Hall–Kier alpha value is -1.97. The Kier molecular flexibility index (Phi) is 2.33. The molecular weight excluding hydrogens is 192 g/mol. The SMILES string of the molecule is CC(C(=O)O)c1ncnc2ccccc12. The van der Waals surface area contributed by atoms with Crippen molar-refractivity contribution in [2.45, 2.75) is 12.8 Å². The van der Waals surface area contributed by atoms with E-state index in [0.29, 0.717) is 5.69 Å². The monoisotopic (exact) mass is 202 g/mol. The first-order valence-electron chi connectivity index (χ1n) is 4.62. The second kappa shape index (κ2) is 3.65. The van der Waals surface area contributed by atoms with Crippen LogP contribution in [-0.2, 0) is 4.79 Å². The summed E-state index contributed by atoms with van der Waals surface area (Å²) in [6.45, 7) is 1.62. The van der Waals surface area contributed by atoms with E-state index in [1.54, 1.807) is 6.92 Å². The number of hydrogen-bond donors (Lipinski definition) is 1. The van der Waals surface area contributed by atoms with Crippen LogP contribution in [0.1, 0.15) is 18.5 Å². The maximum absolute atomic E-state index is 10.9. The van der Waals surface area contributed by atoms with Crippen molar-refractivity contribution in [2.24, 2.45) is 0 Å². The van der Waals surface area contributed by atoms with Gasteiger partial charge in [-0.25, -0.2) is 9.97 Å². The van der Waals surface area contributed by atoms with Crippen LogP contribution in [-0.4, -0.2) is 21.0 Å². The molecule has 4 nitrogen and oxygen atoms in total. The zero-order chi connectivity index (χ0) is 10.8. The summed E-state index contributed by atoms with van der Waals surface area (Å²) in [6.07, 6.45) is 1.40. The van der Waals surface area contributed by atoms with Crippen molar-refractivity contribution in [3.8, 4) is 0 Å². The van der Waals surface area contributed by atoms with Crippen molar-refractivity contribution in [3.63, 3.8) is 0 Å². The zero-order valence-electron chi connectivity index (χ0n) is 8.21. The summed E-state index contributed by atoms with van der Waals surface area (Å²) in [5.41, 5.74) is 1.34. The molecule has 0 bridgehead atoms. The molecule has 1 heterocycles. The predicted octanol–water partition coefficient (Wildman–Crippen LogP) is 1.82. The highest BCUT2D eigenvalue weighted by Gasteiger charge is 2.17. The first-order chi connectivity index (χ1) is 7.20. The molecule has 1 aromatic carbocycles. The van der Waals surface area contributed by atoms with Crippen LogP contribution in [0.2, 0.25) is 0 Å². The molecule has 0 spiro atoms. The number of aromatic nitrogens is 2. The average molecular weight is 202 g/mol. The fourth-order valence-electron chi connectivity index (χ4n) is 1.49. The number of benzene rings is 1. The summed E-state index contributed by atoms with van der Waals surface area (Å²) in [7, 11) is 0. The number of carboxylic acids is 1. The molecule has 76 valence electrons. The van der Waals surface area contributed by atoms with Gasteiger partial charge in [-0.15, -0.1) is 0 Å². The summed E-state index contributed by atoms with van der Waals surface area (Å²) in [6, 6.07) is 7.40. The van der Waals surface area contributed by atoms with Crippen molar-refractivity contribution in [2.75, 3.05) is 0 Å². The predicted molar refractivity (Wildman–Crippen MR) is 55.6 cm³/mol. The quantitative estimate of drug-likeness (QED) is 0.806. The Morgan fingerprint density at radius 3 is 2.80 bits per heavy atom. The van der Waals surface area contributed by atoms with E-state index in [9.17, 15) is 4.79 Å². The normalized spacial score (nSPS) is 12.6. The van der Waals surface area contributed by atoms with Crippen LogP contribution in [0.3, 0.4) is 0 Å². The lowest BCUT2D eigenvalue weighted by atomic mass is 10.0. The fraction of sp³-hybridized carbons (Fsp3) is 0.182. The van der Waals surface area contributed by atoms with Crippen LogP contribution in [0.5, 0.6) is 0 Å². The Morgan fingerprint density at radius 1 is 1.33 bits per heavy atom. The molecule has 1 aromatic heterocycles.